The van der Waals surface area contributed by atoms with Crippen LogP contribution in [0.4, 0.5) is 0 Å². The number of nitrogens with zero attached hydrogens (tertiary/aromatic N) is 2. The summed E-state index contributed by atoms with van der Waals surface area (Å²) in [6.45, 7) is 0. The van der Waals surface area contributed by atoms with Crippen LogP contribution in [-0.4, -0.2) is 21.7 Å². The fraction of sp³-hybridized carbons (Fsp3) is 0.571. The van der Waals surface area contributed by atoms with Gasteiger partial charge in [0.15, 0.2) is 4.88 Å². The molecule has 0 amide bonds. The second-order valence-corrected chi connectivity index (χ2v) is 3.53. The van der Waals surface area contributed by atoms with Gasteiger partial charge < -0.3 is 4.74 Å². The Morgan fingerprint density at radius 3 is 3.00 bits per heavy atom. The summed E-state index contributed by atoms with van der Waals surface area (Å²) >= 11 is 1.07. The summed E-state index contributed by atoms with van der Waals surface area (Å²) < 4.78 is 8.71. The maximum Gasteiger partial charge on any atom is 0.351 e. The second-order valence-electron chi connectivity index (χ2n) is 2.74. The lowest BCUT2D eigenvalue weighted by molar-refractivity contribution is 0.00953. The zero-order chi connectivity index (χ0) is 8.39. The number of carbonyl (C=O) groups excluding carboxylic acids is 1. The van der Waals surface area contributed by atoms with Gasteiger partial charge >= 0.3 is 5.97 Å². The molecule has 0 unspecified atom stereocenters. The lowest BCUT2D eigenvalue weighted by Gasteiger charge is -2.24. The number of ether oxygens (including phenoxy) is 1. The molecular formula is C7H8N2O2S. The highest BCUT2D eigenvalue weighted by Crippen LogP contribution is 2.23. The molecular weight excluding hydrogens is 176 g/mol. The third-order valence-corrected chi connectivity index (χ3v) is 2.53. The summed E-state index contributed by atoms with van der Waals surface area (Å²) in [5.41, 5.74) is 0. The van der Waals surface area contributed by atoms with Crippen LogP contribution in [-0.2, 0) is 4.74 Å². The molecule has 0 radical (unpaired) electrons. The molecule has 0 N–H and O–H groups in total. The van der Waals surface area contributed by atoms with Gasteiger partial charge in [0.1, 0.15) is 6.10 Å². The molecule has 2 rings (SSSR count). The van der Waals surface area contributed by atoms with Crippen LogP contribution in [0.3, 0.4) is 0 Å². The van der Waals surface area contributed by atoms with Gasteiger partial charge in [-0.05, 0) is 30.8 Å². The normalized spacial score (nSPS) is 17.0. The Morgan fingerprint density at radius 1 is 1.67 bits per heavy atom. The van der Waals surface area contributed by atoms with E-state index in [1.807, 2.05) is 0 Å². The van der Waals surface area contributed by atoms with Gasteiger partial charge in [-0.1, -0.05) is 4.49 Å². The van der Waals surface area contributed by atoms with Crippen LogP contribution in [0.15, 0.2) is 6.20 Å². The van der Waals surface area contributed by atoms with Crippen molar-refractivity contribution in [3.05, 3.63) is 11.1 Å². The molecule has 0 atom stereocenters. The van der Waals surface area contributed by atoms with E-state index in [1.54, 1.807) is 0 Å². The van der Waals surface area contributed by atoms with E-state index >= 15 is 0 Å². The molecule has 0 bridgehead atoms. The third kappa shape index (κ3) is 1.45. The first-order valence-corrected chi connectivity index (χ1v) is 4.62. The van der Waals surface area contributed by atoms with E-state index in [0.29, 0.717) is 4.88 Å². The minimum atomic E-state index is -0.283. The molecule has 1 aromatic heterocycles. The Hall–Kier alpha value is -0.970. The van der Waals surface area contributed by atoms with Crippen LogP contribution in [0, 0.1) is 0 Å². The monoisotopic (exact) mass is 184 g/mol. The summed E-state index contributed by atoms with van der Waals surface area (Å²) in [5.74, 6) is -0.283. The first-order valence-electron chi connectivity index (χ1n) is 3.84. The molecule has 0 spiro atoms. The summed E-state index contributed by atoms with van der Waals surface area (Å²) in [6.07, 6.45) is 4.74. The van der Waals surface area contributed by atoms with Crippen molar-refractivity contribution >= 4 is 17.5 Å². The van der Waals surface area contributed by atoms with E-state index in [-0.39, 0.29) is 12.1 Å². The Balaban J connectivity index is 1.92. The predicted molar refractivity (Wildman–Crippen MR) is 43.0 cm³/mol. The Morgan fingerprint density at radius 2 is 2.50 bits per heavy atom. The van der Waals surface area contributed by atoms with Gasteiger partial charge in [0.05, 0.1) is 6.20 Å². The standard InChI is InChI=1S/C7H8N2O2S/c10-7(6-4-8-9-12-6)11-5-2-1-3-5/h4-5H,1-3H2. The molecule has 0 aliphatic heterocycles. The van der Waals surface area contributed by atoms with E-state index in [9.17, 15) is 4.79 Å². The highest BCUT2D eigenvalue weighted by molar-refractivity contribution is 7.07. The second kappa shape index (κ2) is 3.18. The van der Waals surface area contributed by atoms with E-state index in [1.165, 1.54) is 12.6 Å². The number of rotatable bonds is 2. The topological polar surface area (TPSA) is 52.1 Å². The van der Waals surface area contributed by atoms with Crippen molar-refractivity contribution in [2.24, 2.45) is 0 Å². The van der Waals surface area contributed by atoms with Crippen LogP contribution < -0.4 is 0 Å². The largest absolute Gasteiger partial charge is 0.458 e. The maximum atomic E-state index is 11.2. The fourth-order valence-electron chi connectivity index (χ4n) is 0.955. The number of hydrogen-bond acceptors (Lipinski definition) is 5. The third-order valence-electron chi connectivity index (χ3n) is 1.89. The molecule has 12 heavy (non-hydrogen) atoms. The molecule has 1 aromatic rings. The van der Waals surface area contributed by atoms with Crippen LogP contribution in [0.5, 0.6) is 0 Å². The van der Waals surface area contributed by atoms with Gasteiger partial charge in [0.2, 0.25) is 0 Å². The molecule has 1 aliphatic carbocycles. The van der Waals surface area contributed by atoms with Crippen LogP contribution in [0.2, 0.25) is 0 Å². The van der Waals surface area contributed by atoms with Gasteiger partial charge in [0, 0.05) is 0 Å². The molecule has 5 heteroatoms. The SMILES string of the molecule is O=C(OC1CCC1)c1cnns1. The minimum absolute atomic E-state index is 0.139. The highest BCUT2D eigenvalue weighted by Gasteiger charge is 2.23. The fourth-order valence-corrected chi connectivity index (χ4v) is 1.35. The number of hydrogen-bond donors (Lipinski definition) is 0. The molecule has 1 heterocycles. The average molecular weight is 184 g/mol. The summed E-state index contributed by atoms with van der Waals surface area (Å²) in [6, 6.07) is 0. The van der Waals surface area contributed by atoms with E-state index in [0.717, 1.165) is 24.4 Å². The van der Waals surface area contributed by atoms with Crippen LogP contribution >= 0.6 is 11.5 Å². The van der Waals surface area contributed by atoms with Crippen molar-refractivity contribution in [1.82, 2.24) is 9.59 Å². The van der Waals surface area contributed by atoms with Crippen molar-refractivity contribution in [2.45, 2.75) is 25.4 Å². The summed E-state index contributed by atoms with van der Waals surface area (Å²) in [4.78, 5) is 11.7. The van der Waals surface area contributed by atoms with Gasteiger partial charge in [-0.3, -0.25) is 0 Å². The zero-order valence-electron chi connectivity index (χ0n) is 6.40. The van der Waals surface area contributed by atoms with Crippen molar-refractivity contribution in [2.75, 3.05) is 0 Å². The average Bonchev–Trinajstić information content (AvgIpc) is 2.47. The van der Waals surface area contributed by atoms with Gasteiger partial charge in [-0.2, -0.15) is 0 Å². The molecule has 1 fully saturated rings. The molecule has 1 aliphatic rings. The number of esters is 1. The first-order chi connectivity index (χ1) is 5.86. The quantitative estimate of drug-likeness (QED) is 0.649. The minimum Gasteiger partial charge on any atom is -0.458 e. The van der Waals surface area contributed by atoms with E-state index in [4.69, 9.17) is 4.74 Å². The highest BCUT2D eigenvalue weighted by atomic mass is 32.1. The van der Waals surface area contributed by atoms with E-state index in [2.05, 4.69) is 9.59 Å². The smallest absolute Gasteiger partial charge is 0.351 e. The van der Waals surface area contributed by atoms with Gasteiger partial charge in [0.25, 0.3) is 0 Å². The predicted octanol–water partition coefficient (Wildman–Crippen LogP) is 1.25. The Bertz CT molecular complexity index is 269. The zero-order valence-corrected chi connectivity index (χ0v) is 7.21. The lowest BCUT2D eigenvalue weighted by Crippen LogP contribution is -2.24. The van der Waals surface area contributed by atoms with Crippen molar-refractivity contribution < 1.29 is 9.53 Å². The number of carbonyl (C=O) groups is 1. The lowest BCUT2D eigenvalue weighted by atomic mass is 9.96. The van der Waals surface area contributed by atoms with Crippen LogP contribution in [0.25, 0.3) is 0 Å². The number of aromatic nitrogens is 2. The molecule has 4 nitrogen and oxygen atoms in total. The van der Waals surface area contributed by atoms with Crippen molar-refractivity contribution in [3.8, 4) is 0 Å². The van der Waals surface area contributed by atoms with Crippen molar-refractivity contribution in [3.63, 3.8) is 0 Å². The molecule has 64 valence electrons. The summed E-state index contributed by atoms with van der Waals surface area (Å²) in [7, 11) is 0. The van der Waals surface area contributed by atoms with E-state index < -0.39 is 0 Å². The molecule has 1 saturated carbocycles. The molecule has 0 saturated heterocycles. The molecule has 0 aromatic carbocycles. The Labute approximate surface area is 73.7 Å². The summed E-state index contributed by atoms with van der Waals surface area (Å²) in [5, 5.41) is 3.56. The Kier molecular flexibility index (Phi) is 2.03. The van der Waals surface area contributed by atoms with Crippen LogP contribution in [0.1, 0.15) is 28.9 Å². The van der Waals surface area contributed by atoms with Gasteiger partial charge in [-0.25, -0.2) is 4.79 Å². The van der Waals surface area contributed by atoms with Crippen molar-refractivity contribution in [1.29, 1.82) is 0 Å². The maximum absolute atomic E-state index is 11.2. The first kappa shape index (κ1) is 7.67. The van der Waals surface area contributed by atoms with Gasteiger partial charge in [-0.15, -0.1) is 5.10 Å².